The van der Waals surface area contributed by atoms with Crippen LogP contribution in [0.4, 0.5) is 0 Å². The number of aromatic nitrogens is 2. The summed E-state index contributed by atoms with van der Waals surface area (Å²) in [4.78, 5) is 16.4. The number of methoxy groups -OCH3 is 1. The number of thiazole rings is 1. The molecule has 0 atom stereocenters. The Kier molecular flexibility index (Phi) is 3.39. The smallest absolute Gasteiger partial charge is 0.193 e. The highest BCUT2D eigenvalue weighted by Gasteiger charge is 2.07. The maximum absolute atomic E-state index is 11.1. The van der Waals surface area contributed by atoms with Crippen molar-refractivity contribution in [3.8, 4) is 11.5 Å². The SMILES string of the molecule is COc1ccc(OCc2cn3ccsc3n2)c(C=O)c1. The molecule has 0 bridgehead atoms. The molecule has 0 saturated carbocycles. The summed E-state index contributed by atoms with van der Waals surface area (Å²) in [5, 5.41) is 1.97. The van der Waals surface area contributed by atoms with E-state index in [1.807, 2.05) is 22.2 Å². The first-order chi connectivity index (χ1) is 9.80. The lowest BCUT2D eigenvalue weighted by Crippen LogP contribution is -1.99. The number of carbonyl (C=O) groups is 1. The van der Waals surface area contributed by atoms with Crippen molar-refractivity contribution in [2.24, 2.45) is 0 Å². The molecule has 0 aliphatic heterocycles. The molecule has 3 aromatic rings. The molecule has 3 rings (SSSR count). The first-order valence-corrected chi connectivity index (χ1v) is 6.85. The Morgan fingerprint density at radius 2 is 2.35 bits per heavy atom. The number of nitrogens with zero attached hydrogens (tertiary/aromatic N) is 2. The summed E-state index contributed by atoms with van der Waals surface area (Å²) in [6.45, 7) is 0.321. The van der Waals surface area contributed by atoms with Gasteiger partial charge in [0.25, 0.3) is 0 Å². The zero-order valence-electron chi connectivity index (χ0n) is 10.8. The molecule has 0 N–H and O–H groups in total. The summed E-state index contributed by atoms with van der Waals surface area (Å²) >= 11 is 1.57. The highest BCUT2D eigenvalue weighted by atomic mass is 32.1. The normalized spacial score (nSPS) is 10.7. The highest BCUT2D eigenvalue weighted by molar-refractivity contribution is 7.15. The molecular formula is C14H12N2O3S. The molecule has 102 valence electrons. The Bertz CT molecular complexity index is 719. The second kappa shape index (κ2) is 5.34. The molecule has 0 fully saturated rings. The molecule has 0 amide bonds. The van der Waals surface area contributed by atoms with Crippen LogP contribution in [-0.2, 0) is 6.61 Å². The minimum absolute atomic E-state index is 0.321. The lowest BCUT2D eigenvalue weighted by Gasteiger charge is -2.08. The van der Waals surface area contributed by atoms with E-state index in [0.29, 0.717) is 23.7 Å². The van der Waals surface area contributed by atoms with Crippen LogP contribution in [0, 0.1) is 0 Å². The van der Waals surface area contributed by atoms with Gasteiger partial charge in [0.05, 0.1) is 18.4 Å². The Balaban J connectivity index is 1.77. The van der Waals surface area contributed by atoms with E-state index in [2.05, 4.69) is 4.98 Å². The van der Waals surface area contributed by atoms with Gasteiger partial charge in [-0.15, -0.1) is 11.3 Å². The fourth-order valence-electron chi connectivity index (χ4n) is 1.87. The van der Waals surface area contributed by atoms with Gasteiger partial charge in [0.15, 0.2) is 11.2 Å². The van der Waals surface area contributed by atoms with Crippen molar-refractivity contribution in [2.45, 2.75) is 6.61 Å². The summed E-state index contributed by atoms with van der Waals surface area (Å²) in [5.74, 6) is 1.15. The van der Waals surface area contributed by atoms with E-state index in [0.717, 1.165) is 16.9 Å². The number of benzene rings is 1. The minimum atomic E-state index is 0.321. The number of hydrogen-bond acceptors (Lipinski definition) is 5. The van der Waals surface area contributed by atoms with Crippen molar-refractivity contribution in [3.63, 3.8) is 0 Å². The van der Waals surface area contributed by atoms with Gasteiger partial charge in [-0.3, -0.25) is 9.20 Å². The quantitative estimate of drug-likeness (QED) is 0.677. The Hall–Kier alpha value is -2.34. The van der Waals surface area contributed by atoms with Crippen molar-refractivity contribution in [1.82, 2.24) is 9.38 Å². The average molecular weight is 288 g/mol. The monoisotopic (exact) mass is 288 g/mol. The van der Waals surface area contributed by atoms with Gasteiger partial charge >= 0.3 is 0 Å². The fraction of sp³-hybridized carbons (Fsp3) is 0.143. The maximum Gasteiger partial charge on any atom is 0.193 e. The molecule has 5 nitrogen and oxygen atoms in total. The van der Waals surface area contributed by atoms with E-state index in [9.17, 15) is 4.79 Å². The van der Waals surface area contributed by atoms with Gasteiger partial charge in [-0.2, -0.15) is 0 Å². The first-order valence-electron chi connectivity index (χ1n) is 5.97. The standard InChI is InChI=1S/C14H12N2O3S/c1-18-12-2-3-13(10(6-12)8-17)19-9-11-7-16-4-5-20-14(16)15-11/h2-8H,9H2,1H3. The number of carbonyl (C=O) groups excluding carboxylic acids is 1. The van der Waals surface area contributed by atoms with E-state index in [1.54, 1.807) is 36.6 Å². The van der Waals surface area contributed by atoms with Gasteiger partial charge in [-0.05, 0) is 18.2 Å². The van der Waals surface area contributed by atoms with Crippen molar-refractivity contribution in [3.05, 3.63) is 47.2 Å². The van der Waals surface area contributed by atoms with Crippen LogP contribution in [0.2, 0.25) is 0 Å². The van der Waals surface area contributed by atoms with Crippen molar-refractivity contribution < 1.29 is 14.3 Å². The summed E-state index contributed by atoms with van der Waals surface area (Å²) in [6, 6.07) is 5.13. The molecule has 0 aliphatic carbocycles. The largest absolute Gasteiger partial charge is 0.497 e. The predicted octanol–water partition coefficient (Wildman–Crippen LogP) is 2.80. The van der Waals surface area contributed by atoms with Crippen LogP contribution in [0.15, 0.2) is 36.0 Å². The lowest BCUT2D eigenvalue weighted by molar-refractivity contribution is 0.111. The molecule has 0 spiro atoms. The number of imidazole rings is 1. The lowest BCUT2D eigenvalue weighted by atomic mass is 10.2. The maximum atomic E-state index is 11.1. The van der Waals surface area contributed by atoms with E-state index in [4.69, 9.17) is 9.47 Å². The van der Waals surface area contributed by atoms with Crippen molar-refractivity contribution in [2.75, 3.05) is 7.11 Å². The van der Waals surface area contributed by atoms with Gasteiger partial charge in [0, 0.05) is 17.8 Å². The Labute approximate surface area is 119 Å². The molecule has 2 aromatic heterocycles. The molecule has 0 unspecified atom stereocenters. The zero-order valence-corrected chi connectivity index (χ0v) is 11.6. The van der Waals surface area contributed by atoms with Gasteiger partial charge in [0.1, 0.15) is 18.1 Å². The number of rotatable bonds is 5. The van der Waals surface area contributed by atoms with Crippen LogP contribution in [0.3, 0.4) is 0 Å². The predicted molar refractivity (Wildman–Crippen MR) is 75.8 cm³/mol. The first kappa shape index (κ1) is 12.7. The number of fused-ring (bicyclic) bond motifs is 1. The van der Waals surface area contributed by atoms with E-state index in [-0.39, 0.29) is 0 Å². The van der Waals surface area contributed by atoms with Crippen LogP contribution in [0.5, 0.6) is 11.5 Å². The molecular weight excluding hydrogens is 276 g/mol. The topological polar surface area (TPSA) is 52.8 Å². The summed E-state index contributed by atoms with van der Waals surface area (Å²) in [5.41, 5.74) is 1.29. The number of hydrogen-bond donors (Lipinski definition) is 0. The minimum Gasteiger partial charge on any atom is -0.497 e. The van der Waals surface area contributed by atoms with E-state index >= 15 is 0 Å². The second-order valence-corrected chi connectivity index (χ2v) is 5.01. The van der Waals surface area contributed by atoms with E-state index < -0.39 is 0 Å². The Morgan fingerprint density at radius 1 is 1.45 bits per heavy atom. The van der Waals surface area contributed by atoms with Gasteiger partial charge in [-0.1, -0.05) is 0 Å². The zero-order chi connectivity index (χ0) is 13.9. The van der Waals surface area contributed by atoms with Crippen LogP contribution in [0.25, 0.3) is 4.96 Å². The van der Waals surface area contributed by atoms with Crippen LogP contribution >= 0.6 is 11.3 Å². The third-order valence-corrected chi connectivity index (χ3v) is 3.63. The van der Waals surface area contributed by atoms with Crippen LogP contribution in [0.1, 0.15) is 16.1 Å². The number of ether oxygens (including phenoxy) is 2. The molecule has 0 aliphatic rings. The number of aldehydes is 1. The van der Waals surface area contributed by atoms with Gasteiger partial charge < -0.3 is 9.47 Å². The van der Waals surface area contributed by atoms with Crippen LogP contribution < -0.4 is 9.47 Å². The van der Waals surface area contributed by atoms with Crippen LogP contribution in [-0.4, -0.2) is 22.8 Å². The molecule has 2 heterocycles. The molecule has 1 aromatic carbocycles. The van der Waals surface area contributed by atoms with Crippen molar-refractivity contribution >= 4 is 22.6 Å². The van der Waals surface area contributed by atoms with Crippen molar-refractivity contribution in [1.29, 1.82) is 0 Å². The summed E-state index contributed by atoms with van der Waals surface area (Å²) in [6.07, 6.45) is 4.61. The molecule has 0 radical (unpaired) electrons. The third-order valence-electron chi connectivity index (χ3n) is 2.86. The molecule has 20 heavy (non-hydrogen) atoms. The average Bonchev–Trinajstić information content (AvgIpc) is 3.05. The molecule has 6 heteroatoms. The molecule has 0 saturated heterocycles. The van der Waals surface area contributed by atoms with E-state index in [1.165, 1.54) is 0 Å². The van der Waals surface area contributed by atoms with Gasteiger partial charge in [-0.25, -0.2) is 4.98 Å². The van der Waals surface area contributed by atoms with Gasteiger partial charge in [0.2, 0.25) is 0 Å². The summed E-state index contributed by atoms with van der Waals surface area (Å²) in [7, 11) is 1.56. The second-order valence-electron chi connectivity index (χ2n) is 4.14. The summed E-state index contributed by atoms with van der Waals surface area (Å²) < 4.78 is 12.7. The Morgan fingerprint density at radius 3 is 3.10 bits per heavy atom. The highest BCUT2D eigenvalue weighted by Crippen LogP contribution is 2.23. The third kappa shape index (κ3) is 2.37. The fourth-order valence-corrected chi connectivity index (χ4v) is 2.59.